The van der Waals surface area contributed by atoms with Crippen LogP contribution in [0.3, 0.4) is 0 Å². The van der Waals surface area contributed by atoms with Crippen LogP contribution in [-0.2, 0) is 0 Å². The molecule has 0 aliphatic carbocycles. The van der Waals surface area contributed by atoms with Gasteiger partial charge in [0.1, 0.15) is 0 Å². The molecule has 1 heterocycles. The molecule has 1 rings (SSSR count). The van der Waals surface area contributed by atoms with E-state index in [2.05, 4.69) is 41.5 Å². The van der Waals surface area contributed by atoms with Crippen LogP contribution in [0.15, 0.2) is 10.2 Å². The van der Waals surface area contributed by atoms with Crippen LogP contribution in [0.4, 0.5) is 0 Å². The number of hydrogen-bond donors (Lipinski definition) is 4. The van der Waals surface area contributed by atoms with Gasteiger partial charge in [-0.25, -0.2) is 0 Å². The van der Waals surface area contributed by atoms with Crippen molar-refractivity contribution in [1.29, 1.82) is 0 Å². The molecule has 0 spiro atoms. The first-order chi connectivity index (χ1) is 12.4. The topological polar surface area (TPSA) is 79.3 Å². The lowest BCUT2D eigenvalue weighted by atomic mass is 10.3. The van der Waals surface area contributed by atoms with Crippen LogP contribution in [0.2, 0.25) is 0 Å². The van der Waals surface area contributed by atoms with E-state index in [1.807, 2.05) is 27.9 Å². The van der Waals surface area contributed by atoms with Gasteiger partial charge in [-0.3, -0.25) is 10.9 Å². The largest absolute Gasteiger partial charge is 0.360 e. The van der Waals surface area contributed by atoms with E-state index < -0.39 is 0 Å². The highest BCUT2D eigenvalue weighted by molar-refractivity contribution is 7.80. The molecule has 0 saturated carbocycles. The molecule has 0 bridgehead atoms. The second-order valence-electron chi connectivity index (χ2n) is 6.48. The summed E-state index contributed by atoms with van der Waals surface area (Å²) >= 11 is 10.4. The van der Waals surface area contributed by atoms with Gasteiger partial charge in [0.15, 0.2) is 10.2 Å². The zero-order valence-electron chi connectivity index (χ0n) is 16.3. The molecule has 0 aromatic rings. The zero-order chi connectivity index (χ0) is 19.4. The Kier molecular flexibility index (Phi) is 11.3. The lowest BCUT2D eigenvalue weighted by Crippen LogP contribution is -2.38. The van der Waals surface area contributed by atoms with Gasteiger partial charge in [-0.1, -0.05) is 0 Å². The maximum atomic E-state index is 5.24. The number of likely N-dealkylation sites (tertiary alicyclic amines) is 1. The van der Waals surface area contributed by atoms with Crippen LogP contribution in [-0.4, -0.2) is 84.8 Å². The van der Waals surface area contributed by atoms with Crippen LogP contribution >= 0.6 is 24.4 Å². The van der Waals surface area contributed by atoms with E-state index in [0.717, 1.165) is 37.6 Å². The second-order valence-corrected chi connectivity index (χ2v) is 7.30. The molecule has 4 N–H and O–H groups in total. The van der Waals surface area contributed by atoms with Crippen molar-refractivity contribution in [2.75, 3.05) is 53.4 Å². The highest BCUT2D eigenvalue weighted by Gasteiger charge is 2.10. The number of hydrogen-bond acceptors (Lipinski definition) is 6. The first-order valence-corrected chi connectivity index (χ1v) is 9.74. The van der Waals surface area contributed by atoms with E-state index in [9.17, 15) is 0 Å². The van der Waals surface area contributed by atoms with Gasteiger partial charge in [0.2, 0.25) is 0 Å². The van der Waals surface area contributed by atoms with Gasteiger partial charge in [-0.2, -0.15) is 10.2 Å². The maximum Gasteiger partial charge on any atom is 0.187 e. The van der Waals surface area contributed by atoms with E-state index in [4.69, 9.17) is 24.4 Å². The summed E-state index contributed by atoms with van der Waals surface area (Å²) in [6.45, 7) is 9.59. The smallest absolute Gasteiger partial charge is 0.187 e. The molecule has 1 aliphatic rings. The highest BCUT2D eigenvalue weighted by Crippen LogP contribution is 2.05. The fourth-order valence-corrected chi connectivity index (χ4v) is 2.53. The lowest BCUT2D eigenvalue weighted by molar-refractivity contribution is 0.343. The van der Waals surface area contributed by atoms with Crippen molar-refractivity contribution in [3.63, 3.8) is 0 Å². The van der Waals surface area contributed by atoms with Crippen molar-refractivity contribution in [2.45, 2.75) is 26.7 Å². The maximum absolute atomic E-state index is 5.24. The Morgan fingerprint density at radius 3 is 1.92 bits per heavy atom. The molecule has 0 amide bonds. The summed E-state index contributed by atoms with van der Waals surface area (Å²) < 4.78 is 0. The van der Waals surface area contributed by atoms with Gasteiger partial charge in [-0.05, 0) is 78.3 Å². The molecule has 0 radical (unpaired) electrons. The Labute approximate surface area is 167 Å². The summed E-state index contributed by atoms with van der Waals surface area (Å²) in [7, 11) is 4.03. The molecular weight excluding hydrogens is 368 g/mol. The molecule has 0 aromatic carbocycles. The Bertz CT molecular complexity index is 512. The van der Waals surface area contributed by atoms with E-state index in [1.165, 1.54) is 25.9 Å². The molecule has 1 saturated heterocycles. The normalized spacial score (nSPS) is 15.9. The number of likely N-dealkylation sites (N-methyl/N-ethyl adjacent to an activating group) is 1. The summed E-state index contributed by atoms with van der Waals surface area (Å²) in [5.41, 5.74) is 7.13. The number of nitrogens with one attached hydrogen (secondary N) is 4. The minimum atomic E-state index is 0.492. The molecule has 8 nitrogen and oxygen atoms in total. The molecule has 10 heteroatoms. The molecule has 0 aromatic heterocycles. The average molecular weight is 401 g/mol. The van der Waals surface area contributed by atoms with Gasteiger partial charge in [0, 0.05) is 26.2 Å². The number of rotatable bonds is 9. The average Bonchev–Trinajstić information content (AvgIpc) is 3.10. The Hall–Kier alpha value is -1.36. The van der Waals surface area contributed by atoms with Crippen molar-refractivity contribution in [3.05, 3.63) is 0 Å². The van der Waals surface area contributed by atoms with E-state index in [1.54, 1.807) is 0 Å². The summed E-state index contributed by atoms with van der Waals surface area (Å²) in [5, 5.41) is 15.7. The Balaban J connectivity index is 2.23. The molecule has 26 heavy (non-hydrogen) atoms. The van der Waals surface area contributed by atoms with Gasteiger partial charge in [0.25, 0.3) is 0 Å². The van der Waals surface area contributed by atoms with E-state index in [0.29, 0.717) is 10.2 Å². The highest BCUT2D eigenvalue weighted by atomic mass is 32.1. The Morgan fingerprint density at radius 2 is 1.42 bits per heavy atom. The third kappa shape index (κ3) is 10.6. The second kappa shape index (κ2) is 12.9. The molecule has 0 atom stereocenters. The van der Waals surface area contributed by atoms with E-state index in [-0.39, 0.29) is 0 Å². The summed E-state index contributed by atoms with van der Waals surface area (Å²) in [5.74, 6) is 0. The first-order valence-electron chi connectivity index (χ1n) is 8.92. The summed E-state index contributed by atoms with van der Waals surface area (Å²) in [6, 6.07) is 0. The predicted octanol–water partition coefficient (Wildman–Crippen LogP) is 0.324. The lowest BCUT2D eigenvalue weighted by Gasteiger charge is -2.15. The molecular formula is C16H32N8S2. The quantitative estimate of drug-likeness (QED) is 0.250. The minimum absolute atomic E-state index is 0.492. The van der Waals surface area contributed by atoms with Crippen molar-refractivity contribution < 1.29 is 0 Å². The van der Waals surface area contributed by atoms with Gasteiger partial charge in [0.05, 0.1) is 11.4 Å². The molecule has 1 aliphatic heterocycles. The number of nitrogens with zero attached hydrogens (tertiary/aromatic N) is 4. The monoisotopic (exact) mass is 400 g/mol. The molecule has 148 valence electrons. The van der Waals surface area contributed by atoms with Crippen LogP contribution in [0.1, 0.15) is 26.7 Å². The number of thiocarbonyl (C=S) groups is 2. The SMILES string of the molecule is CC(=N/NC(=S)NCCN(C)C)/C(C)=N\NC(=S)NCCN1CCCC1. The van der Waals surface area contributed by atoms with Gasteiger partial charge in [-0.15, -0.1) is 0 Å². The van der Waals surface area contributed by atoms with Crippen molar-refractivity contribution >= 4 is 46.1 Å². The van der Waals surface area contributed by atoms with Crippen molar-refractivity contribution in [3.8, 4) is 0 Å². The van der Waals surface area contributed by atoms with Crippen LogP contribution in [0.5, 0.6) is 0 Å². The van der Waals surface area contributed by atoms with E-state index >= 15 is 0 Å². The van der Waals surface area contributed by atoms with Crippen LogP contribution < -0.4 is 21.5 Å². The fourth-order valence-electron chi connectivity index (χ4n) is 2.24. The molecule has 0 unspecified atom stereocenters. The summed E-state index contributed by atoms with van der Waals surface area (Å²) in [6.07, 6.45) is 2.60. The minimum Gasteiger partial charge on any atom is -0.360 e. The predicted molar refractivity (Wildman–Crippen MR) is 118 cm³/mol. The first kappa shape index (κ1) is 22.7. The van der Waals surface area contributed by atoms with Gasteiger partial charge >= 0.3 is 0 Å². The van der Waals surface area contributed by atoms with Crippen molar-refractivity contribution in [2.24, 2.45) is 10.2 Å². The summed E-state index contributed by atoms with van der Waals surface area (Å²) in [4.78, 5) is 4.51. The zero-order valence-corrected chi connectivity index (χ0v) is 17.9. The Morgan fingerprint density at radius 1 is 0.923 bits per heavy atom. The standard InChI is InChI=1S/C16H32N8S2/c1-13(19-21-15(25)17-7-11-23(3)4)14(2)20-22-16(26)18-8-12-24-9-5-6-10-24/h5-12H2,1-4H3,(H2,17,21,25)(H2,18,22,26)/b19-13-,20-14-. The molecule has 1 fully saturated rings. The van der Waals surface area contributed by atoms with Crippen LogP contribution in [0, 0.1) is 0 Å². The van der Waals surface area contributed by atoms with Crippen molar-refractivity contribution in [1.82, 2.24) is 31.3 Å². The van der Waals surface area contributed by atoms with Crippen LogP contribution in [0.25, 0.3) is 0 Å². The third-order valence-corrected chi connectivity index (χ3v) is 4.40. The van der Waals surface area contributed by atoms with Gasteiger partial charge < -0.3 is 20.4 Å². The third-order valence-electron chi connectivity index (χ3n) is 3.93. The number of hydrazone groups is 2. The fraction of sp³-hybridized carbons (Fsp3) is 0.750.